The van der Waals surface area contributed by atoms with Gasteiger partial charge in [-0.15, -0.1) is 13.2 Å². The van der Waals surface area contributed by atoms with Crippen LogP contribution < -0.4 is 5.32 Å². The maximum absolute atomic E-state index is 12.3. The van der Waals surface area contributed by atoms with Crippen molar-refractivity contribution in [1.82, 2.24) is 4.98 Å². The molecule has 0 aromatic carbocycles. The maximum atomic E-state index is 12.3. The van der Waals surface area contributed by atoms with E-state index in [1.807, 2.05) is 57.2 Å². The number of anilines is 1. The lowest BCUT2D eigenvalue weighted by molar-refractivity contribution is -0.303. The summed E-state index contributed by atoms with van der Waals surface area (Å²) in [4.78, 5) is 4.70. The second-order valence-corrected chi connectivity index (χ2v) is 6.06. The third-order valence-electron chi connectivity index (χ3n) is 3.75. The van der Waals surface area contributed by atoms with E-state index in [2.05, 4.69) is 23.6 Å². The normalized spacial score (nSPS) is 11.9. The van der Waals surface area contributed by atoms with Crippen LogP contribution in [0.3, 0.4) is 0 Å². The average Bonchev–Trinajstić information content (AvgIpc) is 2.60. The van der Waals surface area contributed by atoms with Gasteiger partial charge in [-0.05, 0) is 50.0 Å². The molecule has 1 heterocycles. The predicted molar refractivity (Wildman–Crippen MR) is 108 cm³/mol. The van der Waals surface area contributed by atoms with Crippen LogP contribution in [-0.4, -0.2) is 11.3 Å². The number of nitrogens with one attached hydrogen (secondary N) is 1. The van der Waals surface area contributed by atoms with E-state index in [4.69, 9.17) is 4.98 Å². The molecule has 1 rings (SSSR count). The lowest BCUT2D eigenvalue weighted by atomic mass is 10.1. The van der Waals surface area contributed by atoms with E-state index in [1.165, 1.54) is 12.2 Å². The maximum Gasteiger partial charge on any atom is 0.573 e. The highest BCUT2D eigenvalue weighted by molar-refractivity contribution is 5.50. The molecule has 0 saturated heterocycles. The van der Waals surface area contributed by atoms with Gasteiger partial charge in [-0.25, -0.2) is 4.98 Å². The Kier molecular flexibility index (Phi) is 9.28. The summed E-state index contributed by atoms with van der Waals surface area (Å²) in [5, 5.41) is 3.20. The van der Waals surface area contributed by atoms with Gasteiger partial charge in [0.25, 0.3) is 0 Å². The number of rotatable bonds is 7. The number of ether oxygens (including phenoxy) is 1. The number of nitrogens with zero attached hydrogens (tertiary/aromatic N) is 1. The molecule has 0 bridgehead atoms. The lowest BCUT2D eigenvalue weighted by Gasteiger charge is -2.11. The van der Waals surface area contributed by atoms with Crippen molar-refractivity contribution in [2.24, 2.45) is 0 Å². The summed E-state index contributed by atoms with van der Waals surface area (Å²) in [6.45, 7) is 11.1. The average molecular weight is 392 g/mol. The summed E-state index contributed by atoms with van der Waals surface area (Å²) in [6, 6.07) is 9.75. The Morgan fingerprint density at radius 1 is 1.14 bits per heavy atom. The predicted octanol–water partition coefficient (Wildman–Crippen LogP) is 6.70. The van der Waals surface area contributed by atoms with Crippen molar-refractivity contribution in [2.45, 2.75) is 46.9 Å². The van der Waals surface area contributed by atoms with E-state index >= 15 is 0 Å². The van der Waals surface area contributed by atoms with Crippen molar-refractivity contribution in [2.75, 3.05) is 5.32 Å². The molecule has 0 radical (unpaired) electrons. The first-order valence-electron chi connectivity index (χ1n) is 9.06. The molecule has 0 aliphatic rings. The summed E-state index contributed by atoms with van der Waals surface area (Å²) in [5.74, 6) is 0.129. The molecule has 3 nitrogen and oxygen atoms in total. The summed E-state index contributed by atoms with van der Waals surface area (Å²) < 4.78 is 40.6. The molecule has 0 aliphatic heterocycles. The van der Waals surface area contributed by atoms with Gasteiger partial charge < -0.3 is 10.1 Å². The number of aryl methyl sites for hydroxylation is 3. The highest BCUT2D eigenvalue weighted by Gasteiger charge is 2.30. The topological polar surface area (TPSA) is 34.2 Å². The van der Waals surface area contributed by atoms with Gasteiger partial charge in [0.05, 0.1) is 0 Å². The van der Waals surface area contributed by atoms with E-state index < -0.39 is 12.1 Å². The van der Waals surface area contributed by atoms with Crippen molar-refractivity contribution >= 4 is 5.82 Å². The van der Waals surface area contributed by atoms with Gasteiger partial charge in [0.1, 0.15) is 11.6 Å². The Bertz CT molecular complexity index is 795. The van der Waals surface area contributed by atoms with Gasteiger partial charge in [-0.1, -0.05) is 56.8 Å². The van der Waals surface area contributed by atoms with Gasteiger partial charge in [0.2, 0.25) is 0 Å². The molecular weight excluding hydrogens is 365 g/mol. The van der Waals surface area contributed by atoms with Crippen LogP contribution in [0.2, 0.25) is 0 Å². The minimum absolute atomic E-state index is 0.492. The van der Waals surface area contributed by atoms with Crippen LogP contribution >= 0.6 is 0 Å². The number of alkyl halides is 3. The summed E-state index contributed by atoms with van der Waals surface area (Å²) in [6.07, 6.45) is 1.27. The number of halogens is 3. The summed E-state index contributed by atoms with van der Waals surface area (Å²) in [5.41, 5.74) is 3.46. The molecule has 0 saturated carbocycles. The SMILES string of the molecule is C=C(/C=C\C(=C/CC)Nc1nc(C)c(CC)cccccc1C)OC(F)(F)F. The first-order valence-corrected chi connectivity index (χ1v) is 9.06. The monoisotopic (exact) mass is 392 g/mol. The Morgan fingerprint density at radius 2 is 1.82 bits per heavy atom. The first-order chi connectivity index (χ1) is 13.2. The van der Waals surface area contributed by atoms with Crippen molar-refractivity contribution in [3.63, 3.8) is 0 Å². The second-order valence-electron chi connectivity index (χ2n) is 6.06. The molecule has 28 heavy (non-hydrogen) atoms. The van der Waals surface area contributed by atoms with Crippen molar-refractivity contribution < 1.29 is 17.9 Å². The fourth-order valence-corrected chi connectivity index (χ4v) is 2.35. The largest absolute Gasteiger partial charge is 0.573 e. The van der Waals surface area contributed by atoms with E-state index in [0.717, 1.165) is 23.2 Å². The highest BCUT2D eigenvalue weighted by atomic mass is 19.4. The zero-order valence-corrected chi connectivity index (χ0v) is 16.7. The van der Waals surface area contributed by atoms with Gasteiger partial charge in [0, 0.05) is 11.4 Å². The highest BCUT2D eigenvalue weighted by Crippen LogP contribution is 2.21. The molecule has 0 aliphatic carbocycles. The van der Waals surface area contributed by atoms with Crippen LogP contribution in [0.25, 0.3) is 0 Å². The van der Waals surface area contributed by atoms with E-state index in [-0.39, 0.29) is 0 Å². The zero-order chi connectivity index (χ0) is 21.2. The Hall–Kier alpha value is -2.76. The fourth-order valence-electron chi connectivity index (χ4n) is 2.35. The fraction of sp³-hybridized carbons (Fsp3) is 0.318. The molecular formula is C22H27F3N2O. The van der Waals surface area contributed by atoms with Crippen LogP contribution in [-0.2, 0) is 11.2 Å². The van der Waals surface area contributed by atoms with Gasteiger partial charge in [-0.2, -0.15) is 0 Å². The minimum atomic E-state index is -4.76. The first kappa shape index (κ1) is 23.3. The molecule has 0 atom stereocenters. The van der Waals surface area contributed by atoms with E-state index in [0.29, 0.717) is 17.9 Å². The summed E-state index contributed by atoms with van der Waals surface area (Å²) >= 11 is 0. The van der Waals surface area contributed by atoms with Crippen LogP contribution in [0.5, 0.6) is 0 Å². The van der Waals surface area contributed by atoms with Crippen LogP contribution in [0.15, 0.2) is 66.6 Å². The third kappa shape index (κ3) is 8.75. The number of allylic oxidation sites excluding steroid dienone is 3. The number of hydrogen-bond donors (Lipinski definition) is 1. The van der Waals surface area contributed by atoms with Crippen LogP contribution in [0.4, 0.5) is 19.0 Å². The quantitative estimate of drug-likeness (QED) is 0.414. The van der Waals surface area contributed by atoms with Crippen molar-refractivity contribution in [3.05, 3.63) is 83.4 Å². The molecule has 0 fully saturated rings. The molecule has 0 unspecified atom stereocenters. The molecule has 1 aromatic heterocycles. The van der Waals surface area contributed by atoms with Crippen LogP contribution in [0, 0.1) is 13.8 Å². The summed E-state index contributed by atoms with van der Waals surface area (Å²) in [7, 11) is 0. The lowest BCUT2D eigenvalue weighted by Crippen LogP contribution is -2.11. The van der Waals surface area contributed by atoms with Crippen LogP contribution in [0.1, 0.15) is 37.1 Å². The molecule has 6 heteroatoms. The minimum Gasteiger partial charge on any atom is -0.406 e. The smallest absolute Gasteiger partial charge is 0.406 e. The number of aromatic nitrogens is 1. The Morgan fingerprint density at radius 3 is 2.43 bits per heavy atom. The zero-order valence-electron chi connectivity index (χ0n) is 16.7. The molecule has 1 N–H and O–H groups in total. The standard InChI is InChI=1S/C22H27F3N2O/c1-6-11-20(15-14-17(4)28-22(23,24)25)27-21-16(3)12-9-8-10-13-19(7-2)18(5)26-21/h8-15H,4,6-7H2,1-3,5H3,(H,26,27)/b15-14-,20-11+. The van der Waals surface area contributed by atoms with E-state index in [1.54, 1.807) is 0 Å². The van der Waals surface area contributed by atoms with Gasteiger partial charge in [-0.3, -0.25) is 0 Å². The van der Waals surface area contributed by atoms with Crippen molar-refractivity contribution in [1.29, 1.82) is 0 Å². The molecule has 152 valence electrons. The van der Waals surface area contributed by atoms with E-state index in [9.17, 15) is 13.2 Å². The van der Waals surface area contributed by atoms with Gasteiger partial charge in [0.15, 0.2) is 0 Å². The Labute approximate surface area is 165 Å². The second kappa shape index (κ2) is 11.2. The third-order valence-corrected chi connectivity index (χ3v) is 3.75. The Balaban J connectivity index is 3.27. The van der Waals surface area contributed by atoms with Crippen molar-refractivity contribution in [3.8, 4) is 0 Å². The number of hydrogen-bond acceptors (Lipinski definition) is 3. The molecule has 0 spiro atoms. The van der Waals surface area contributed by atoms with Gasteiger partial charge >= 0.3 is 6.36 Å². The molecule has 0 amide bonds. The molecule has 1 aromatic rings.